The van der Waals surface area contributed by atoms with Crippen LogP contribution >= 0.6 is 0 Å². The van der Waals surface area contributed by atoms with Crippen LogP contribution < -0.4 is 4.74 Å². The lowest BCUT2D eigenvalue weighted by atomic mass is 9.66. The predicted molar refractivity (Wildman–Crippen MR) is 115 cm³/mol. The molecule has 5 rings (SSSR count). The van der Waals surface area contributed by atoms with Gasteiger partial charge in [-0.15, -0.1) is 0 Å². The number of hydrogen-bond acceptors (Lipinski definition) is 6. The lowest BCUT2D eigenvalue weighted by molar-refractivity contribution is -0.232. The van der Waals surface area contributed by atoms with Gasteiger partial charge in [0.05, 0.1) is 48.2 Å². The fourth-order valence-corrected chi connectivity index (χ4v) is 5.39. The molecule has 2 saturated heterocycles. The molecule has 174 valence electrons. The Morgan fingerprint density at radius 1 is 1.31 bits per heavy atom. The van der Waals surface area contributed by atoms with Crippen molar-refractivity contribution in [2.24, 2.45) is 0 Å². The van der Waals surface area contributed by atoms with Gasteiger partial charge in [0, 0.05) is 23.6 Å². The van der Waals surface area contributed by atoms with Gasteiger partial charge < -0.3 is 19.7 Å². The maximum absolute atomic E-state index is 14.7. The minimum atomic E-state index is -0.971. The van der Waals surface area contributed by atoms with Gasteiger partial charge in [-0.05, 0) is 52.5 Å². The van der Waals surface area contributed by atoms with Crippen LogP contribution in [0, 0.1) is 5.82 Å². The van der Waals surface area contributed by atoms with Gasteiger partial charge in [0.2, 0.25) is 5.88 Å². The molecule has 2 aromatic rings. The second kappa shape index (κ2) is 7.81. The van der Waals surface area contributed by atoms with Gasteiger partial charge in [0.25, 0.3) is 0 Å². The molecule has 3 fully saturated rings. The number of carboxylic acid groups (broad SMARTS) is 1. The molecule has 0 spiro atoms. The summed E-state index contributed by atoms with van der Waals surface area (Å²) in [5.74, 6) is -0.203. The SMILES string of the molecule is COc1ccc2ncc(F)c(CC(O)C34CCC(N(C(=O)O)C(C)(C)C)(CC3)CO4)c2n1. The van der Waals surface area contributed by atoms with Crippen LogP contribution in [0.15, 0.2) is 18.3 Å². The molecule has 2 aliphatic heterocycles. The average Bonchev–Trinajstić information content (AvgIpc) is 2.75. The smallest absolute Gasteiger partial charge is 0.408 e. The van der Waals surface area contributed by atoms with Crippen molar-refractivity contribution >= 4 is 17.1 Å². The third-order valence-electron chi connectivity index (χ3n) is 6.95. The molecular weight excluding hydrogens is 417 g/mol. The highest BCUT2D eigenvalue weighted by Gasteiger charge is 2.58. The van der Waals surface area contributed by atoms with E-state index >= 15 is 0 Å². The normalized spacial score (nSPS) is 26.2. The summed E-state index contributed by atoms with van der Waals surface area (Å²) in [6.07, 6.45) is 1.37. The number of hydrogen-bond donors (Lipinski definition) is 2. The van der Waals surface area contributed by atoms with Crippen LogP contribution in [0.2, 0.25) is 0 Å². The molecule has 2 N–H and O–H groups in total. The van der Waals surface area contributed by atoms with E-state index in [2.05, 4.69) is 9.97 Å². The van der Waals surface area contributed by atoms with Crippen molar-refractivity contribution in [2.45, 2.75) is 75.7 Å². The molecule has 1 unspecified atom stereocenters. The van der Waals surface area contributed by atoms with E-state index in [9.17, 15) is 19.4 Å². The molecule has 1 atom stereocenters. The van der Waals surface area contributed by atoms with Crippen LogP contribution in [-0.2, 0) is 11.2 Å². The zero-order chi connectivity index (χ0) is 23.3. The Morgan fingerprint density at radius 3 is 2.53 bits per heavy atom. The van der Waals surface area contributed by atoms with Gasteiger partial charge in [0.1, 0.15) is 5.82 Å². The number of amides is 1. The molecule has 3 aliphatic rings. The van der Waals surface area contributed by atoms with Crippen LogP contribution in [0.4, 0.5) is 9.18 Å². The van der Waals surface area contributed by atoms with Gasteiger partial charge in [0.15, 0.2) is 0 Å². The average molecular weight is 448 g/mol. The van der Waals surface area contributed by atoms with E-state index in [4.69, 9.17) is 9.47 Å². The Bertz CT molecular complexity index is 1010. The van der Waals surface area contributed by atoms with Crippen molar-refractivity contribution in [2.75, 3.05) is 13.7 Å². The molecule has 9 heteroatoms. The van der Waals surface area contributed by atoms with Crippen LogP contribution in [-0.4, -0.2) is 67.7 Å². The van der Waals surface area contributed by atoms with Crippen molar-refractivity contribution in [3.63, 3.8) is 0 Å². The number of aliphatic hydroxyl groups is 1. The third kappa shape index (κ3) is 3.67. The number of pyridine rings is 2. The zero-order valence-electron chi connectivity index (χ0n) is 18.9. The third-order valence-corrected chi connectivity index (χ3v) is 6.95. The molecule has 1 amide bonds. The lowest BCUT2D eigenvalue weighted by Crippen LogP contribution is -2.70. The maximum Gasteiger partial charge on any atom is 0.408 e. The Morgan fingerprint density at radius 2 is 2.00 bits per heavy atom. The highest BCUT2D eigenvalue weighted by atomic mass is 19.1. The van der Waals surface area contributed by atoms with Gasteiger partial charge >= 0.3 is 6.09 Å². The van der Waals surface area contributed by atoms with E-state index in [1.807, 2.05) is 20.8 Å². The van der Waals surface area contributed by atoms with E-state index in [1.165, 1.54) is 12.0 Å². The second-order valence-corrected chi connectivity index (χ2v) is 9.89. The van der Waals surface area contributed by atoms with E-state index in [0.717, 1.165) is 6.20 Å². The first kappa shape index (κ1) is 22.7. The van der Waals surface area contributed by atoms with Crippen molar-refractivity contribution in [3.8, 4) is 5.88 Å². The van der Waals surface area contributed by atoms with Gasteiger partial charge in [-0.25, -0.2) is 14.2 Å². The second-order valence-electron chi connectivity index (χ2n) is 9.89. The van der Waals surface area contributed by atoms with Crippen LogP contribution in [0.1, 0.15) is 52.0 Å². The zero-order valence-corrected chi connectivity index (χ0v) is 18.9. The summed E-state index contributed by atoms with van der Waals surface area (Å²) in [4.78, 5) is 22.0. The summed E-state index contributed by atoms with van der Waals surface area (Å²) in [7, 11) is 1.48. The molecule has 32 heavy (non-hydrogen) atoms. The minimum absolute atomic E-state index is 0.0138. The van der Waals surface area contributed by atoms with Crippen molar-refractivity contribution in [1.29, 1.82) is 0 Å². The standard InChI is InChI=1S/C23H30FN3O5/c1-21(2,3)27(20(29)30)22-7-9-23(10-8-22,32-13-22)17(28)11-14-15(24)12-25-16-5-6-18(31-4)26-19(14)16/h5-6,12,17,28H,7-11,13H2,1-4H3,(H,29,30). The summed E-state index contributed by atoms with van der Waals surface area (Å²) < 4.78 is 26.1. The van der Waals surface area contributed by atoms with E-state index in [-0.39, 0.29) is 18.6 Å². The van der Waals surface area contributed by atoms with Crippen molar-refractivity contribution < 1.29 is 28.9 Å². The number of aliphatic hydroxyl groups excluding tert-OH is 1. The number of carbonyl (C=O) groups is 1. The number of halogens is 1. The number of methoxy groups -OCH3 is 1. The highest BCUT2D eigenvalue weighted by molar-refractivity contribution is 5.78. The van der Waals surface area contributed by atoms with E-state index in [1.54, 1.807) is 12.1 Å². The fraction of sp³-hybridized carbons (Fsp3) is 0.609. The molecule has 4 heterocycles. The van der Waals surface area contributed by atoms with Gasteiger partial charge in [-0.3, -0.25) is 9.88 Å². The van der Waals surface area contributed by atoms with Crippen LogP contribution in [0.3, 0.4) is 0 Å². The summed E-state index contributed by atoms with van der Waals surface area (Å²) >= 11 is 0. The molecule has 1 saturated carbocycles. The molecular formula is C23H30FN3O5. The first-order chi connectivity index (χ1) is 15.0. The first-order valence-corrected chi connectivity index (χ1v) is 10.8. The topological polar surface area (TPSA) is 105 Å². The monoisotopic (exact) mass is 447 g/mol. The van der Waals surface area contributed by atoms with Crippen LogP contribution in [0.5, 0.6) is 5.88 Å². The molecule has 2 aromatic heterocycles. The summed E-state index contributed by atoms with van der Waals surface area (Å²) in [6.45, 7) is 5.83. The first-order valence-electron chi connectivity index (χ1n) is 10.8. The van der Waals surface area contributed by atoms with Crippen molar-refractivity contribution in [3.05, 3.63) is 29.7 Å². The predicted octanol–water partition coefficient (Wildman–Crippen LogP) is 3.54. The van der Waals surface area contributed by atoms with Crippen LogP contribution in [0.25, 0.3) is 11.0 Å². The molecule has 8 nitrogen and oxygen atoms in total. The molecule has 2 bridgehead atoms. The largest absolute Gasteiger partial charge is 0.481 e. The van der Waals surface area contributed by atoms with E-state index in [0.29, 0.717) is 42.6 Å². The Labute approximate surface area is 186 Å². The van der Waals surface area contributed by atoms with Gasteiger partial charge in [-0.2, -0.15) is 0 Å². The number of fused-ring (bicyclic) bond motifs is 4. The fourth-order valence-electron chi connectivity index (χ4n) is 5.39. The van der Waals surface area contributed by atoms with Gasteiger partial charge in [-0.1, -0.05) is 0 Å². The number of ether oxygens (including phenoxy) is 2. The quantitative estimate of drug-likeness (QED) is 0.722. The van der Waals surface area contributed by atoms with E-state index < -0.39 is 34.7 Å². The minimum Gasteiger partial charge on any atom is -0.481 e. The Hall–Kier alpha value is -2.52. The Kier molecular flexibility index (Phi) is 5.53. The molecule has 0 radical (unpaired) electrons. The Balaban J connectivity index is 1.59. The number of aromatic nitrogens is 2. The summed E-state index contributed by atoms with van der Waals surface area (Å²) in [6, 6.07) is 3.36. The summed E-state index contributed by atoms with van der Waals surface area (Å²) in [5.41, 5.74) is -0.898. The maximum atomic E-state index is 14.7. The summed E-state index contributed by atoms with van der Waals surface area (Å²) in [5, 5.41) is 21.1. The van der Waals surface area contributed by atoms with Crippen molar-refractivity contribution in [1.82, 2.24) is 14.9 Å². The highest BCUT2D eigenvalue weighted by Crippen LogP contribution is 2.50. The molecule has 1 aliphatic carbocycles. The lowest BCUT2D eigenvalue weighted by Gasteiger charge is -2.60. The molecule has 0 aromatic carbocycles. The number of rotatable bonds is 5. The number of nitrogens with zero attached hydrogens (tertiary/aromatic N) is 3.